The summed E-state index contributed by atoms with van der Waals surface area (Å²) in [5.41, 5.74) is 1.10. The highest BCUT2D eigenvalue weighted by molar-refractivity contribution is 5.88. The molecule has 1 saturated carbocycles. The third-order valence-electron chi connectivity index (χ3n) is 4.96. The van der Waals surface area contributed by atoms with Gasteiger partial charge in [0.05, 0.1) is 20.2 Å². The van der Waals surface area contributed by atoms with Crippen molar-refractivity contribution >= 4 is 29.1 Å². The second-order valence-corrected chi connectivity index (χ2v) is 6.46. The van der Waals surface area contributed by atoms with Gasteiger partial charge in [-0.25, -0.2) is 0 Å². The number of fused-ring (bicyclic) bond motifs is 1. The van der Waals surface area contributed by atoms with Gasteiger partial charge >= 0.3 is 0 Å². The van der Waals surface area contributed by atoms with Gasteiger partial charge in [0.1, 0.15) is 5.75 Å². The van der Waals surface area contributed by atoms with Gasteiger partial charge in [0, 0.05) is 11.6 Å². The highest BCUT2D eigenvalue weighted by atomic mass is 35.5. The molecule has 0 bridgehead atoms. The minimum absolute atomic E-state index is 0. The molecule has 4 nitrogen and oxygen atoms in total. The first-order valence-corrected chi connectivity index (χ1v) is 8.73. The molecule has 0 heterocycles. The molecule has 1 aliphatic rings. The molecule has 3 rings (SSSR count). The maximum Gasteiger partial charge on any atom is 0.237 e. The first-order valence-electron chi connectivity index (χ1n) is 8.73. The Morgan fingerprint density at radius 1 is 1.20 bits per heavy atom. The van der Waals surface area contributed by atoms with Gasteiger partial charge < -0.3 is 15.0 Å². The fourth-order valence-corrected chi connectivity index (χ4v) is 3.73. The summed E-state index contributed by atoms with van der Waals surface area (Å²) in [4.78, 5) is 14.7. The fourth-order valence-electron chi connectivity index (χ4n) is 3.73. The Bertz CT molecular complexity index is 714. The van der Waals surface area contributed by atoms with E-state index in [0.29, 0.717) is 19.1 Å². The summed E-state index contributed by atoms with van der Waals surface area (Å²) in [6.45, 7) is 0.985. The molecule has 0 radical (unpaired) electrons. The Hall–Kier alpha value is -1.78. The van der Waals surface area contributed by atoms with Crippen LogP contribution >= 0.6 is 12.4 Å². The van der Waals surface area contributed by atoms with E-state index < -0.39 is 0 Å². The molecule has 0 unspecified atom stereocenters. The van der Waals surface area contributed by atoms with Crippen LogP contribution in [-0.2, 0) is 11.3 Å². The van der Waals surface area contributed by atoms with Crippen LogP contribution in [0.3, 0.4) is 0 Å². The van der Waals surface area contributed by atoms with E-state index in [9.17, 15) is 4.79 Å². The van der Waals surface area contributed by atoms with Crippen LogP contribution in [0.2, 0.25) is 0 Å². The van der Waals surface area contributed by atoms with E-state index >= 15 is 0 Å². The normalized spacial score (nSPS) is 14.3. The maximum absolute atomic E-state index is 12.7. The van der Waals surface area contributed by atoms with Crippen LogP contribution in [0.25, 0.3) is 10.8 Å². The van der Waals surface area contributed by atoms with E-state index in [2.05, 4.69) is 23.5 Å². The van der Waals surface area contributed by atoms with Gasteiger partial charge in [-0.3, -0.25) is 4.79 Å². The largest absolute Gasteiger partial charge is 0.496 e. The molecule has 2 aromatic rings. The third kappa shape index (κ3) is 4.25. The van der Waals surface area contributed by atoms with E-state index in [1.165, 1.54) is 18.2 Å². The number of benzene rings is 2. The van der Waals surface area contributed by atoms with E-state index in [4.69, 9.17) is 4.74 Å². The van der Waals surface area contributed by atoms with Crippen molar-refractivity contribution < 1.29 is 9.53 Å². The summed E-state index contributed by atoms with van der Waals surface area (Å²) in [5.74, 6) is 1.02. The number of nitrogens with zero attached hydrogens (tertiary/aromatic N) is 1. The van der Waals surface area contributed by atoms with Gasteiger partial charge in [-0.15, -0.1) is 12.4 Å². The number of carbonyl (C=O) groups excluding carboxylic acids is 1. The Morgan fingerprint density at radius 3 is 2.60 bits per heavy atom. The van der Waals surface area contributed by atoms with Crippen molar-refractivity contribution in [3.05, 3.63) is 42.0 Å². The van der Waals surface area contributed by atoms with Crippen molar-refractivity contribution in [2.24, 2.45) is 0 Å². The van der Waals surface area contributed by atoms with E-state index in [1.807, 2.05) is 30.1 Å². The molecule has 1 fully saturated rings. The molecule has 0 aliphatic heterocycles. The molecule has 136 valence electrons. The highest BCUT2D eigenvalue weighted by Crippen LogP contribution is 2.32. The molecule has 1 N–H and O–H groups in total. The molecular formula is C20H27ClN2O2. The van der Waals surface area contributed by atoms with Crippen molar-refractivity contribution in [3.8, 4) is 5.75 Å². The summed E-state index contributed by atoms with van der Waals surface area (Å²) in [6.07, 6.45) is 4.62. The van der Waals surface area contributed by atoms with Crippen molar-refractivity contribution in [1.29, 1.82) is 0 Å². The molecule has 5 heteroatoms. The van der Waals surface area contributed by atoms with Crippen LogP contribution < -0.4 is 10.1 Å². The van der Waals surface area contributed by atoms with Crippen LogP contribution in [0.4, 0.5) is 0 Å². The molecule has 0 aromatic heterocycles. The molecule has 1 amide bonds. The molecule has 2 aromatic carbocycles. The standard InChI is InChI=1S/C20H26N2O2.ClH/c1-21-13-20(23)22(16-8-4-5-9-16)14-18-17-10-6-3-7-15(17)11-12-19(18)24-2;/h3,6-7,10-12,16,21H,4-5,8-9,13-14H2,1-2H3;1H. The number of ether oxygens (including phenoxy) is 1. The van der Waals surface area contributed by atoms with Crippen LogP contribution in [0.5, 0.6) is 5.75 Å². The first kappa shape index (κ1) is 19.5. The zero-order valence-electron chi connectivity index (χ0n) is 15.0. The van der Waals surface area contributed by atoms with Gasteiger partial charge in [0.25, 0.3) is 0 Å². The number of rotatable bonds is 6. The van der Waals surface area contributed by atoms with Crippen molar-refractivity contribution in [2.45, 2.75) is 38.3 Å². The van der Waals surface area contributed by atoms with E-state index in [-0.39, 0.29) is 18.3 Å². The van der Waals surface area contributed by atoms with Gasteiger partial charge in [0.2, 0.25) is 5.91 Å². The second-order valence-electron chi connectivity index (χ2n) is 6.46. The number of likely N-dealkylation sites (N-methyl/N-ethyl adjacent to an activating group) is 1. The molecule has 1 aliphatic carbocycles. The molecular weight excluding hydrogens is 336 g/mol. The fraction of sp³-hybridized carbons (Fsp3) is 0.450. The number of carbonyl (C=O) groups is 1. The Morgan fingerprint density at radius 2 is 1.92 bits per heavy atom. The summed E-state index contributed by atoms with van der Waals surface area (Å²) in [5, 5.41) is 5.35. The quantitative estimate of drug-likeness (QED) is 0.850. The van der Waals surface area contributed by atoms with E-state index in [0.717, 1.165) is 29.5 Å². The van der Waals surface area contributed by atoms with Crippen LogP contribution in [-0.4, -0.2) is 37.6 Å². The summed E-state index contributed by atoms with van der Waals surface area (Å²) in [6, 6.07) is 12.7. The Balaban J connectivity index is 0.00000225. The SMILES string of the molecule is CNCC(=O)N(Cc1c(OC)ccc2ccccc12)C1CCCC1.Cl. The molecule has 0 saturated heterocycles. The topological polar surface area (TPSA) is 41.6 Å². The zero-order valence-corrected chi connectivity index (χ0v) is 15.8. The second kappa shape index (κ2) is 9.07. The lowest BCUT2D eigenvalue weighted by Gasteiger charge is -2.30. The molecule has 25 heavy (non-hydrogen) atoms. The lowest BCUT2D eigenvalue weighted by atomic mass is 10.0. The number of methoxy groups -OCH3 is 1. The lowest BCUT2D eigenvalue weighted by molar-refractivity contribution is -0.133. The van der Waals surface area contributed by atoms with Gasteiger partial charge in [-0.05, 0) is 36.7 Å². The highest BCUT2D eigenvalue weighted by Gasteiger charge is 2.27. The van der Waals surface area contributed by atoms with Gasteiger partial charge in [-0.1, -0.05) is 43.2 Å². The van der Waals surface area contributed by atoms with Crippen LogP contribution in [0.15, 0.2) is 36.4 Å². The number of amides is 1. The van der Waals surface area contributed by atoms with Crippen LogP contribution in [0, 0.1) is 0 Å². The number of halogens is 1. The predicted octanol–water partition coefficient (Wildman–Crippen LogP) is 3.76. The smallest absolute Gasteiger partial charge is 0.237 e. The molecule has 0 spiro atoms. The average molecular weight is 363 g/mol. The Kier molecular flexibility index (Phi) is 7.09. The molecule has 0 atom stereocenters. The third-order valence-corrected chi connectivity index (χ3v) is 4.96. The Labute approximate surface area is 155 Å². The number of hydrogen-bond acceptors (Lipinski definition) is 3. The zero-order chi connectivity index (χ0) is 16.9. The van der Waals surface area contributed by atoms with E-state index in [1.54, 1.807) is 7.11 Å². The summed E-state index contributed by atoms with van der Waals surface area (Å²) < 4.78 is 5.60. The van der Waals surface area contributed by atoms with Gasteiger partial charge in [-0.2, -0.15) is 0 Å². The number of hydrogen-bond donors (Lipinski definition) is 1. The minimum Gasteiger partial charge on any atom is -0.496 e. The average Bonchev–Trinajstić information content (AvgIpc) is 3.13. The first-order chi connectivity index (χ1) is 11.7. The maximum atomic E-state index is 12.7. The minimum atomic E-state index is 0. The lowest BCUT2D eigenvalue weighted by Crippen LogP contribution is -2.42. The summed E-state index contributed by atoms with van der Waals surface area (Å²) in [7, 11) is 3.52. The van der Waals surface area contributed by atoms with Crippen molar-refractivity contribution in [3.63, 3.8) is 0 Å². The summed E-state index contributed by atoms with van der Waals surface area (Å²) >= 11 is 0. The number of nitrogens with one attached hydrogen (secondary N) is 1. The predicted molar refractivity (Wildman–Crippen MR) is 104 cm³/mol. The van der Waals surface area contributed by atoms with Crippen molar-refractivity contribution in [2.75, 3.05) is 20.7 Å². The van der Waals surface area contributed by atoms with Crippen molar-refractivity contribution in [1.82, 2.24) is 10.2 Å². The van der Waals surface area contributed by atoms with Gasteiger partial charge in [0.15, 0.2) is 0 Å². The monoisotopic (exact) mass is 362 g/mol. The van der Waals surface area contributed by atoms with Crippen LogP contribution in [0.1, 0.15) is 31.2 Å².